The maximum Gasteiger partial charge on any atom is 0.408 e. The first-order valence-corrected chi connectivity index (χ1v) is 12.4. The molecule has 0 bridgehead atoms. The van der Waals surface area contributed by atoms with Crippen molar-refractivity contribution in [1.82, 2.24) is 10.6 Å². The van der Waals surface area contributed by atoms with Crippen LogP contribution in [0.2, 0.25) is 0 Å². The number of hydrogen-bond donors (Lipinski definition) is 2. The topological polar surface area (TPSA) is 129 Å². The van der Waals surface area contributed by atoms with Gasteiger partial charge in [-0.1, -0.05) is 25.8 Å². The van der Waals surface area contributed by atoms with Crippen molar-refractivity contribution in [1.29, 1.82) is 0 Å². The minimum Gasteiger partial charge on any atom is -0.481 e. The van der Waals surface area contributed by atoms with Crippen LogP contribution in [-0.4, -0.2) is 61.9 Å². The lowest BCUT2D eigenvalue weighted by molar-refractivity contribution is -0.145. The molecule has 0 saturated heterocycles. The molecular weight excluding hydrogens is 468 g/mol. The largest absolute Gasteiger partial charge is 0.481 e. The lowest BCUT2D eigenvalue weighted by Gasteiger charge is -2.23. The molecule has 1 aromatic carbocycles. The van der Waals surface area contributed by atoms with Crippen molar-refractivity contribution < 1.29 is 38.1 Å². The summed E-state index contributed by atoms with van der Waals surface area (Å²) >= 11 is 0. The van der Waals surface area contributed by atoms with Crippen LogP contribution in [-0.2, 0) is 30.2 Å². The minimum absolute atomic E-state index is 0.0867. The van der Waals surface area contributed by atoms with Crippen molar-refractivity contribution in [2.24, 2.45) is 0 Å². The van der Waals surface area contributed by atoms with E-state index in [-0.39, 0.29) is 43.5 Å². The van der Waals surface area contributed by atoms with Crippen molar-refractivity contribution in [3.63, 3.8) is 0 Å². The minimum atomic E-state index is -0.942. The highest BCUT2D eigenvalue weighted by Gasteiger charge is 2.26. The number of nitrogens with one attached hydrogen (secondary N) is 2. The van der Waals surface area contributed by atoms with Gasteiger partial charge in [0.05, 0.1) is 13.2 Å². The van der Waals surface area contributed by atoms with E-state index in [1.54, 1.807) is 40.7 Å². The zero-order valence-electron chi connectivity index (χ0n) is 22.2. The molecule has 0 unspecified atom stereocenters. The fourth-order valence-electron chi connectivity index (χ4n) is 3.14. The quantitative estimate of drug-likeness (QED) is 0.222. The van der Waals surface area contributed by atoms with Crippen LogP contribution in [0.5, 0.6) is 5.75 Å². The molecule has 0 heterocycles. The molecule has 36 heavy (non-hydrogen) atoms. The second kappa shape index (κ2) is 15.6. The van der Waals surface area contributed by atoms with Crippen molar-refractivity contribution >= 4 is 23.9 Å². The fourth-order valence-corrected chi connectivity index (χ4v) is 3.14. The summed E-state index contributed by atoms with van der Waals surface area (Å²) in [5.74, 6) is -1.43. The summed E-state index contributed by atoms with van der Waals surface area (Å²) < 4.78 is 20.8. The summed E-state index contributed by atoms with van der Waals surface area (Å²) in [5.41, 5.74) is -0.0642. The van der Waals surface area contributed by atoms with Crippen LogP contribution in [0.1, 0.15) is 76.7 Å². The lowest BCUT2D eigenvalue weighted by atomic mass is 10.0. The van der Waals surface area contributed by atoms with E-state index in [9.17, 15) is 19.2 Å². The number of esters is 2. The first-order chi connectivity index (χ1) is 17.0. The van der Waals surface area contributed by atoms with Gasteiger partial charge in [-0.05, 0) is 58.7 Å². The first-order valence-electron chi connectivity index (χ1n) is 12.4. The highest BCUT2D eigenvalue weighted by Crippen LogP contribution is 2.23. The molecular formula is C26H40N2O8. The maximum atomic E-state index is 12.9. The third-order valence-corrected chi connectivity index (χ3v) is 4.72. The molecule has 1 aromatic rings. The van der Waals surface area contributed by atoms with E-state index in [1.165, 1.54) is 12.1 Å². The molecule has 2 N–H and O–H groups in total. The average Bonchev–Trinajstić information content (AvgIpc) is 2.79. The summed E-state index contributed by atoms with van der Waals surface area (Å²) in [6.45, 7) is 11.1. The zero-order chi connectivity index (χ0) is 27.1. The molecule has 1 atom stereocenters. The second-order valence-corrected chi connectivity index (χ2v) is 9.05. The summed E-state index contributed by atoms with van der Waals surface area (Å²) in [6.07, 6.45) is 2.16. The Morgan fingerprint density at radius 3 is 2.28 bits per heavy atom. The van der Waals surface area contributed by atoms with Gasteiger partial charge in [-0.25, -0.2) is 14.4 Å². The Kier molecular flexibility index (Phi) is 13.4. The van der Waals surface area contributed by atoms with E-state index in [0.29, 0.717) is 12.1 Å². The molecule has 10 heteroatoms. The first kappa shape index (κ1) is 30.7. The Morgan fingerprint density at radius 1 is 0.972 bits per heavy atom. The van der Waals surface area contributed by atoms with Crippen LogP contribution in [0, 0.1) is 0 Å². The summed E-state index contributed by atoms with van der Waals surface area (Å²) in [5, 5.41) is 5.47. The third-order valence-electron chi connectivity index (χ3n) is 4.72. The standard InChI is InChI=1S/C26H40N2O8/c1-7-10-11-14-27-23(30)20(28-25(32)36-26(4,5)6)16-18-12-13-21(35-17-22(29)33-8-2)19(15-18)24(31)34-9-3/h12-13,15,20H,7-11,14,16-17H2,1-6H3,(H,27,30)(H,28,32)/t20-/m0/s1. The van der Waals surface area contributed by atoms with Gasteiger partial charge in [0.1, 0.15) is 23.0 Å². The lowest BCUT2D eigenvalue weighted by Crippen LogP contribution is -2.49. The van der Waals surface area contributed by atoms with E-state index in [2.05, 4.69) is 17.6 Å². The number of carbonyl (C=O) groups excluding carboxylic acids is 4. The number of amides is 2. The van der Waals surface area contributed by atoms with Crippen molar-refractivity contribution in [2.75, 3.05) is 26.4 Å². The average molecular weight is 509 g/mol. The second-order valence-electron chi connectivity index (χ2n) is 9.05. The summed E-state index contributed by atoms with van der Waals surface area (Å²) in [7, 11) is 0. The number of benzene rings is 1. The molecule has 10 nitrogen and oxygen atoms in total. The van der Waals surface area contributed by atoms with Gasteiger partial charge in [-0.3, -0.25) is 4.79 Å². The van der Waals surface area contributed by atoms with Crippen LogP contribution in [0.15, 0.2) is 18.2 Å². The van der Waals surface area contributed by atoms with E-state index in [1.807, 2.05) is 0 Å². The SMILES string of the molecule is CCCCCNC(=O)[C@H](Cc1ccc(OCC(=O)OCC)c(C(=O)OCC)c1)NC(=O)OC(C)(C)C. The molecule has 0 radical (unpaired) electrons. The predicted octanol–water partition coefficient (Wildman–Crippen LogP) is 3.55. The van der Waals surface area contributed by atoms with E-state index in [4.69, 9.17) is 18.9 Å². The van der Waals surface area contributed by atoms with Gasteiger partial charge in [0.2, 0.25) is 5.91 Å². The molecule has 0 aliphatic carbocycles. The zero-order valence-corrected chi connectivity index (χ0v) is 22.2. The molecule has 0 saturated carbocycles. The monoisotopic (exact) mass is 508 g/mol. The van der Waals surface area contributed by atoms with Gasteiger partial charge in [-0.15, -0.1) is 0 Å². The van der Waals surface area contributed by atoms with Crippen LogP contribution < -0.4 is 15.4 Å². The van der Waals surface area contributed by atoms with Gasteiger partial charge >= 0.3 is 18.0 Å². The number of ether oxygens (including phenoxy) is 4. The Balaban J connectivity index is 3.13. The number of carbonyl (C=O) groups is 4. The van der Waals surface area contributed by atoms with Gasteiger partial charge in [0.15, 0.2) is 6.61 Å². The molecule has 1 rings (SSSR count). The van der Waals surface area contributed by atoms with Gasteiger partial charge < -0.3 is 29.6 Å². The molecule has 0 spiro atoms. The molecule has 202 valence electrons. The summed E-state index contributed by atoms with van der Waals surface area (Å²) in [4.78, 5) is 49.5. The number of alkyl carbamates (subject to hydrolysis) is 1. The Morgan fingerprint density at radius 2 is 1.67 bits per heavy atom. The Labute approximate surface area is 213 Å². The molecule has 0 aliphatic heterocycles. The predicted molar refractivity (Wildman–Crippen MR) is 134 cm³/mol. The number of unbranched alkanes of at least 4 members (excludes halogenated alkanes) is 2. The fraction of sp³-hybridized carbons (Fsp3) is 0.615. The smallest absolute Gasteiger partial charge is 0.408 e. The molecule has 0 aliphatic rings. The third kappa shape index (κ3) is 11.9. The summed E-state index contributed by atoms with van der Waals surface area (Å²) in [6, 6.07) is 3.75. The number of hydrogen-bond acceptors (Lipinski definition) is 8. The maximum absolute atomic E-state index is 12.9. The van der Waals surface area contributed by atoms with E-state index >= 15 is 0 Å². The van der Waals surface area contributed by atoms with Gasteiger partial charge in [-0.2, -0.15) is 0 Å². The van der Waals surface area contributed by atoms with Crippen LogP contribution >= 0.6 is 0 Å². The Hall–Kier alpha value is -3.30. The van der Waals surface area contributed by atoms with E-state index < -0.39 is 29.7 Å². The van der Waals surface area contributed by atoms with Crippen molar-refractivity contribution in [3.8, 4) is 5.75 Å². The molecule has 0 aromatic heterocycles. The number of rotatable bonds is 14. The van der Waals surface area contributed by atoms with Crippen molar-refractivity contribution in [2.45, 2.75) is 78.9 Å². The van der Waals surface area contributed by atoms with E-state index in [0.717, 1.165) is 19.3 Å². The van der Waals surface area contributed by atoms with Crippen LogP contribution in [0.25, 0.3) is 0 Å². The Bertz CT molecular complexity index is 879. The van der Waals surface area contributed by atoms with Gasteiger partial charge in [0, 0.05) is 13.0 Å². The normalized spacial score (nSPS) is 11.7. The van der Waals surface area contributed by atoms with Gasteiger partial charge in [0.25, 0.3) is 0 Å². The highest BCUT2D eigenvalue weighted by atomic mass is 16.6. The van der Waals surface area contributed by atoms with Crippen molar-refractivity contribution in [3.05, 3.63) is 29.3 Å². The molecule has 0 fully saturated rings. The van der Waals surface area contributed by atoms with Crippen LogP contribution in [0.3, 0.4) is 0 Å². The van der Waals surface area contributed by atoms with Crippen LogP contribution in [0.4, 0.5) is 4.79 Å². The highest BCUT2D eigenvalue weighted by molar-refractivity contribution is 5.93. The molecule has 2 amide bonds.